The molecule has 0 aromatic rings. The van der Waals surface area contributed by atoms with Crippen LogP contribution in [0.1, 0.15) is 26.2 Å². The fourth-order valence-corrected chi connectivity index (χ4v) is 2.36. The predicted octanol–water partition coefficient (Wildman–Crippen LogP) is 1.19. The highest BCUT2D eigenvalue weighted by molar-refractivity contribution is 5.79. The number of carbonyl (C=O) groups is 2. The molecule has 2 unspecified atom stereocenters. The lowest BCUT2D eigenvalue weighted by molar-refractivity contribution is -0.147. The molecule has 0 radical (unpaired) electrons. The Labute approximate surface area is 112 Å². The second kappa shape index (κ2) is 5.50. The van der Waals surface area contributed by atoms with Gasteiger partial charge in [-0.1, -0.05) is 0 Å². The van der Waals surface area contributed by atoms with Gasteiger partial charge in [-0.3, -0.25) is 4.79 Å². The molecular weight excluding hydrogens is 248 g/mol. The molecule has 1 fully saturated rings. The van der Waals surface area contributed by atoms with Gasteiger partial charge in [0.2, 0.25) is 0 Å². The van der Waals surface area contributed by atoms with E-state index in [1.165, 1.54) is 0 Å². The molecule has 2 atom stereocenters. The molecule has 2 rings (SSSR count). The lowest BCUT2D eigenvalue weighted by Gasteiger charge is -2.23. The summed E-state index contributed by atoms with van der Waals surface area (Å²) in [6.07, 6.45) is 5.99. The predicted molar refractivity (Wildman–Crippen MR) is 68.6 cm³/mol. The Kier molecular flexibility index (Phi) is 3.97. The van der Waals surface area contributed by atoms with Gasteiger partial charge in [0.15, 0.2) is 0 Å². The molecule has 106 valence electrons. The summed E-state index contributed by atoms with van der Waals surface area (Å²) in [7, 11) is 0. The summed E-state index contributed by atoms with van der Waals surface area (Å²) < 4.78 is 5.36. The molecule has 19 heavy (non-hydrogen) atoms. The number of ether oxygens (including phenoxy) is 1. The summed E-state index contributed by atoms with van der Waals surface area (Å²) in [4.78, 5) is 24.6. The Morgan fingerprint density at radius 2 is 2.37 bits per heavy atom. The van der Waals surface area contributed by atoms with Gasteiger partial charge in [-0.05, 0) is 32.3 Å². The highest BCUT2D eigenvalue weighted by atomic mass is 16.5. The van der Waals surface area contributed by atoms with E-state index in [2.05, 4.69) is 5.32 Å². The highest BCUT2D eigenvalue weighted by Crippen LogP contribution is 2.29. The summed E-state index contributed by atoms with van der Waals surface area (Å²) in [5, 5.41) is 11.9. The Morgan fingerprint density at radius 3 is 2.95 bits per heavy atom. The molecule has 2 N–H and O–H groups in total. The number of carbonyl (C=O) groups excluding carboxylic acids is 1. The van der Waals surface area contributed by atoms with Crippen molar-refractivity contribution in [1.29, 1.82) is 0 Å². The number of hydrogen-bond acceptors (Lipinski definition) is 3. The molecule has 0 aromatic heterocycles. The second-order valence-corrected chi connectivity index (χ2v) is 5.43. The molecule has 6 heteroatoms. The standard InChI is InChI=1S/C13H20N2O4/c1-13(11(16)17)5-6-15(9-13)12(18)14-8-10-4-2-3-7-19-10/h3,7,10H,2,4-6,8-9H2,1H3,(H,14,18)(H,16,17). The van der Waals surface area contributed by atoms with Crippen LogP contribution in [0.25, 0.3) is 0 Å². The van der Waals surface area contributed by atoms with E-state index in [0.29, 0.717) is 19.5 Å². The number of allylic oxidation sites excluding steroid dienone is 1. The van der Waals surface area contributed by atoms with Gasteiger partial charge in [0.25, 0.3) is 0 Å². The quantitative estimate of drug-likeness (QED) is 0.805. The minimum atomic E-state index is -0.844. The van der Waals surface area contributed by atoms with Crippen LogP contribution in [0.2, 0.25) is 0 Å². The van der Waals surface area contributed by atoms with E-state index < -0.39 is 11.4 Å². The first-order valence-electron chi connectivity index (χ1n) is 6.58. The van der Waals surface area contributed by atoms with Crippen LogP contribution in [0.4, 0.5) is 4.79 Å². The Morgan fingerprint density at radius 1 is 1.58 bits per heavy atom. The third-order valence-electron chi connectivity index (χ3n) is 3.78. The molecule has 6 nitrogen and oxygen atoms in total. The number of amides is 2. The molecule has 0 aromatic carbocycles. The van der Waals surface area contributed by atoms with Crippen molar-refractivity contribution < 1.29 is 19.4 Å². The SMILES string of the molecule is CC1(C(=O)O)CCN(C(=O)NCC2CCC=CO2)C1. The van der Waals surface area contributed by atoms with Crippen molar-refractivity contribution in [2.45, 2.75) is 32.3 Å². The normalized spacial score (nSPS) is 29.9. The Bertz CT molecular complexity index is 396. The Balaban J connectivity index is 1.78. The summed E-state index contributed by atoms with van der Waals surface area (Å²) in [5.74, 6) is -0.844. The van der Waals surface area contributed by atoms with Crippen molar-refractivity contribution in [3.05, 3.63) is 12.3 Å². The van der Waals surface area contributed by atoms with Crippen LogP contribution >= 0.6 is 0 Å². The third kappa shape index (κ3) is 3.19. The van der Waals surface area contributed by atoms with Crippen LogP contribution < -0.4 is 5.32 Å². The fraction of sp³-hybridized carbons (Fsp3) is 0.692. The maximum atomic E-state index is 11.9. The largest absolute Gasteiger partial charge is 0.497 e. The lowest BCUT2D eigenvalue weighted by Crippen LogP contribution is -2.43. The number of rotatable bonds is 3. The number of nitrogens with one attached hydrogen (secondary N) is 1. The van der Waals surface area contributed by atoms with Gasteiger partial charge in [-0.15, -0.1) is 0 Å². The van der Waals surface area contributed by atoms with Crippen molar-refractivity contribution in [2.24, 2.45) is 5.41 Å². The zero-order valence-electron chi connectivity index (χ0n) is 11.1. The number of likely N-dealkylation sites (tertiary alicyclic amines) is 1. The van der Waals surface area contributed by atoms with Crippen LogP contribution in [0.15, 0.2) is 12.3 Å². The van der Waals surface area contributed by atoms with Crippen molar-refractivity contribution in [2.75, 3.05) is 19.6 Å². The average Bonchev–Trinajstić information content (AvgIpc) is 2.81. The Hall–Kier alpha value is -1.72. The molecule has 2 heterocycles. The first-order chi connectivity index (χ1) is 9.01. The van der Waals surface area contributed by atoms with Gasteiger partial charge in [0.1, 0.15) is 6.10 Å². The number of nitrogens with zero attached hydrogens (tertiary/aromatic N) is 1. The van der Waals surface area contributed by atoms with E-state index >= 15 is 0 Å². The first-order valence-corrected chi connectivity index (χ1v) is 6.58. The summed E-state index contributed by atoms with van der Waals surface area (Å²) in [6, 6.07) is -0.205. The molecule has 0 spiro atoms. The molecule has 0 saturated carbocycles. The molecule has 1 saturated heterocycles. The van der Waals surface area contributed by atoms with Gasteiger partial charge in [0.05, 0.1) is 18.2 Å². The summed E-state index contributed by atoms with van der Waals surface area (Å²) in [5.41, 5.74) is -0.818. The summed E-state index contributed by atoms with van der Waals surface area (Å²) >= 11 is 0. The molecule has 2 aliphatic rings. The number of aliphatic carboxylic acids is 1. The van der Waals surface area contributed by atoms with Crippen LogP contribution in [-0.2, 0) is 9.53 Å². The lowest BCUT2D eigenvalue weighted by atomic mass is 9.90. The first kappa shape index (κ1) is 13.7. The van der Waals surface area contributed by atoms with E-state index in [1.54, 1.807) is 18.1 Å². The zero-order valence-corrected chi connectivity index (χ0v) is 11.1. The van der Waals surface area contributed by atoms with Crippen molar-refractivity contribution in [1.82, 2.24) is 10.2 Å². The zero-order chi connectivity index (χ0) is 13.9. The van der Waals surface area contributed by atoms with Gasteiger partial charge in [-0.2, -0.15) is 0 Å². The van der Waals surface area contributed by atoms with Crippen LogP contribution in [0.3, 0.4) is 0 Å². The van der Waals surface area contributed by atoms with E-state index in [1.807, 2.05) is 6.08 Å². The van der Waals surface area contributed by atoms with Gasteiger partial charge < -0.3 is 20.1 Å². The number of carboxylic acid groups (broad SMARTS) is 1. The minimum absolute atomic E-state index is 0.0161. The topological polar surface area (TPSA) is 78.9 Å². The van der Waals surface area contributed by atoms with Crippen LogP contribution in [-0.4, -0.2) is 47.7 Å². The van der Waals surface area contributed by atoms with E-state index in [9.17, 15) is 9.59 Å². The fourth-order valence-electron chi connectivity index (χ4n) is 2.36. The maximum absolute atomic E-state index is 11.9. The summed E-state index contributed by atoms with van der Waals surface area (Å²) in [6.45, 7) is 2.89. The van der Waals surface area contributed by atoms with E-state index in [0.717, 1.165) is 12.8 Å². The number of hydrogen-bond donors (Lipinski definition) is 2. The van der Waals surface area contributed by atoms with Crippen LogP contribution in [0.5, 0.6) is 0 Å². The van der Waals surface area contributed by atoms with Crippen molar-refractivity contribution in [3.8, 4) is 0 Å². The van der Waals surface area contributed by atoms with Crippen molar-refractivity contribution in [3.63, 3.8) is 0 Å². The number of carboxylic acids is 1. The monoisotopic (exact) mass is 268 g/mol. The van der Waals surface area contributed by atoms with Crippen LogP contribution in [0, 0.1) is 5.41 Å². The maximum Gasteiger partial charge on any atom is 0.317 e. The smallest absolute Gasteiger partial charge is 0.317 e. The molecule has 2 aliphatic heterocycles. The molecule has 0 aliphatic carbocycles. The van der Waals surface area contributed by atoms with E-state index in [4.69, 9.17) is 9.84 Å². The van der Waals surface area contributed by atoms with Crippen molar-refractivity contribution >= 4 is 12.0 Å². The van der Waals surface area contributed by atoms with Gasteiger partial charge in [0, 0.05) is 13.1 Å². The van der Waals surface area contributed by atoms with E-state index in [-0.39, 0.29) is 18.7 Å². The second-order valence-electron chi connectivity index (χ2n) is 5.43. The number of urea groups is 1. The molecule has 2 amide bonds. The minimum Gasteiger partial charge on any atom is -0.497 e. The highest BCUT2D eigenvalue weighted by Gasteiger charge is 2.42. The third-order valence-corrected chi connectivity index (χ3v) is 3.78. The molecule has 0 bridgehead atoms. The van der Waals surface area contributed by atoms with Gasteiger partial charge >= 0.3 is 12.0 Å². The molecular formula is C13H20N2O4. The van der Waals surface area contributed by atoms with Gasteiger partial charge in [-0.25, -0.2) is 4.79 Å². The average molecular weight is 268 g/mol.